The summed E-state index contributed by atoms with van der Waals surface area (Å²) in [7, 11) is -3.38. The van der Waals surface area contributed by atoms with Crippen molar-refractivity contribution in [3.63, 3.8) is 0 Å². The Hall–Kier alpha value is -0.610. The third-order valence-electron chi connectivity index (χ3n) is 2.25. The molecule has 108 valence electrons. The van der Waals surface area contributed by atoms with Gasteiger partial charge >= 0.3 is 7.60 Å². The van der Waals surface area contributed by atoms with E-state index in [1.807, 2.05) is 0 Å². The maximum absolute atomic E-state index is 12.9. The van der Waals surface area contributed by atoms with Crippen LogP contribution in [0.15, 0.2) is 18.2 Å². The summed E-state index contributed by atoms with van der Waals surface area (Å²) in [4.78, 5) is 0. The van der Waals surface area contributed by atoms with Gasteiger partial charge in [0.25, 0.3) is 0 Å². The van der Waals surface area contributed by atoms with Crippen LogP contribution in [0.2, 0.25) is 5.02 Å². The van der Waals surface area contributed by atoms with Gasteiger partial charge in [0.1, 0.15) is 11.6 Å². The zero-order valence-electron chi connectivity index (χ0n) is 11.1. The van der Waals surface area contributed by atoms with E-state index in [9.17, 15) is 8.96 Å². The molecule has 0 aromatic heterocycles. The third kappa shape index (κ3) is 4.46. The molecule has 1 rings (SSSR count). The zero-order valence-corrected chi connectivity index (χ0v) is 12.7. The lowest BCUT2D eigenvalue weighted by atomic mass is 10.3. The van der Waals surface area contributed by atoms with Crippen LogP contribution < -0.4 is 4.74 Å². The number of benzene rings is 1. The summed E-state index contributed by atoms with van der Waals surface area (Å²) in [5.41, 5.74) is 0. The molecule has 19 heavy (non-hydrogen) atoms. The molecule has 0 spiro atoms. The lowest BCUT2D eigenvalue weighted by Crippen LogP contribution is -2.16. The maximum atomic E-state index is 12.9. The number of ether oxygens (including phenoxy) is 1. The first-order chi connectivity index (χ1) is 8.92. The molecule has 0 saturated carbocycles. The van der Waals surface area contributed by atoms with E-state index in [1.54, 1.807) is 20.8 Å². The van der Waals surface area contributed by atoms with E-state index >= 15 is 0 Å². The third-order valence-corrected chi connectivity index (χ3v) is 4.78. The molecular formula is C12H17ClFO4P. The molecule has 0 bridgehead atoms. The number of halogens is 2. The Morgan fingerprint density at radius 3 is 2.37 bits per heavy atom. The summed E-state index contributed by atoms with van der Waals surface area (Å²) in [6.07, 6.45) is 0. The van der Waals surface area contributed by atoms with Gasteiger partial charge in [-0.05, 0) is 39.0 Å². The van der Waals surface area contributed by atoms with Crippen molar-refractivity contribution < 1.29 is 22.7 Å². The normalized spacial score (nSPS) is 13.3. The molecule has 0 aliphatic rings. The van der Waals surface area contributed by atoms with E-state index in [0.717, 1.165) is 6.07 Å². The first kappa shape index (κ1) is 16.4. The average Bonchev–Trinajstić information content (AvgIpc) is 2.33. The Balaban J connectivity index is 2.87. The molecule has 0 saturated heterocycles. The fraction of sp³-hybridized carbons (Fsp3) is 0.500. The van der Waals surface area contributed by atoms with Gasteiger partial charge in [0.15, 0.2) is 5.85 Å². The van der Waals surface area contributed by atoms with E-state index in [4.69, 9.17) is 25.4 Å². The summed E-state index contributed by atoms with van der Waals surface area (Å²) in [6.45, 7) is 5.46. The van der Waals surface area contributed by atoms with Crippen LogP contribution in [-0.2, 0) is 13.6 Å². The number of rotatable bonds is 7. The quantitative estimate of drug-likeness (QED) is 0.697. The molecule has 4 nitrogen and oxygen atoms in total. The van der Waals surface area contributed by atoms with Crippen molar-refractivity contribution in [2.24, 2.45) is 0 Å². The van der Waals surface area contributed by atoms with Gasteiger partial charge in [-0.25, -0.2) is 4.39 Å². The minimum Gasteiger partial charge on any atom is -0.477 e. The van der Waals surface area contributed by atoms with Crippen LogP contribution in [0.25, 0.3) is 0 Å². The molecular weight excluding hydrogens is 294 g/mol. The Kier molecular flexibility index (Phi) is 6.27. The summed E-state index contributed by atoms with van der Waals surface area (Å²) in [5, 5.41) is 0.103. The van der Waals surface area contributed by atoms with Crippen LogP contribution in [0.5, 0.6) is 5.75 Å². The van der Waals surface area contributed by atoms with Crippen molar-refractivity contribution in [1.82, 2.24) is 0 Å². The molecule has 1 unspecified atom stereocenters. The van der Waals surface area contributed by atoms with Crippen LogP contribution in [0.1, 0.15) is 20.8 Å². The highest BCUT2D eigenvalue weighted by Gasteiger charge is 2.34. The van der Waals surface area contributed by atoms with Gasteiger partial charge in [-0.2, -0.15) is 0 Å². The standard InChI is InChI=1S/C12H17ClFO4P/c1-4-16-19(15,17-5-2)9(3)18-12-7-6-10(14)8-11(12)13/h6-9H,4-5H2,1-3H3. The largest absolute Gasteiger partial charge is 0.477 e. The molecule has 7 heteroatoms. The Labute approximate surface area is 117 Å². The number of hydrogen-bond donors (Lipinski definition) is 0. The lowest BCUT2D eigenvalue weighted by molar-refractivity contribution is 0.168. The van der Waals surface area contributed by atoms with Gasteiger partial charge in [0, 0.05) is 0 Å². The summed E-state index contributed by atoms with van der Waals surface area (Å²) >= 11 is 5.84. The molecule has 0 heterocycles. The van der Waals surface area contributed by atoms with Crippen molar-refractivity contribution in [3.8, 4) is 5.75 Å². The van der Waals surface area contributed by atoms with Crippen LogP contribution in [0, 0.1) is 5.82 Å². The van der Waals surface area contributed by atoms with Crippen molar-refractivity contribution in [2.45, 2.75) is 26.6 Å². The summed E-state index contributed by atoms with van der Waals surface area (Å²) in [6, 6.07) is 3.70. The summed E-state index contributed by atoms with van der Waals surface area (Å²) < 4.78 is 41.1. The second kappa shape index (κ2) is 7.25. The fourth-order valence-corrected chi connectivity index (χ4v) is 3.09. The van der Waals surface area contributed by atoms with E-state index in [1.165, 1.54) is 12.1 Å². The smallest absolute Gasteiger partial charge is 0.370 e. The molecule has 0 aliphatic heterocycles. The van der Waals surface area contributed by atoms with Gasteiger partial charge < -0.3 is 13.8 Å². The van der Waals surface area contributed by atoms with Crippen molar-refractivity contribution in [1.29, 1.82) is 0 Å². The Bertz CT molecular complexity index is 459. The monoisotopic (exact) mass is 310 g/mol. The van der Waals surface area contributed by atoms with Crippen LogP contribution >= 0.6 is 19.2 Å². The minimum absolute atomic E-state index is 0.103. The van der Waals surface area contributed by atoms with Crippen LogP contribution in [0.4, 0.5) is 4.39 Å². The molecule has 0 amide bonds. The predicted octanol–water partition coefficient (Wildman–Crippen LogP) is 4.47. The predicted molar refractivity (Wildman–Crippen MR) is 72.4 cm³/mol. The zero-order chi connectivity index (χ0) is 14.5. The number of hydrogen-bond acceptors (Lipinski definition) is 4. The highest BCUT2D eigenvalue weighted by Crippen LogP contribution is 2.53. The van der Waals surface area contributed by atoms with Crippen molar-refractivity contribution >= 4 is 19.2 Å². The van der Waals surface area contributed by atoms with Crippen LogP contribution in [-0.4, -0.2) is 19.1 Å². The maximum Gasteiger partial charge on any atom is 0.370 e. The topological polar surface area (TPSA) is 44.8 Å². The first-order valence-electron chi connectivity index (χ1n) is 5.93. The molecule has 0 N–H and O–H groups in total. The lowest BCUT2D eigenvalue weighted by Gasteiger charge is -2.24. The molecule has 1 aromatic rings. The van der Waals surface area contributed by atoms with E-state index in [-0.39, 0.29) is 24.0 Å². The van der Waals surface area contributed by atoms with Gasteiger partial charge in [-0.1, -0.05) is 11.6 Å². The van der Waals surface area contributed by atoms with Crippen molar-refractivity contribution in [3.05, 3.63) is 29.0 Å². The Morgan fingerprint density at radius 2 is 1.89 bits per heavy atom. The average molecular weight is 311 g/mol. The van der Waals surface area contributed by atoms with Gasteiger partial charge in [-0.15, -0.1) is 0 Å². The van der Waals surface area contributed by atoms with Crippen LogP contribution in [0.3, 0.4) is 0 Å². The second-order valence-electron chi connectivity index (χ2n) is 3.67. The highest BCUT2D eigenvalue weighted by atomic mass is 35.5. The van der Waals surface area contributed by atoms with E-state index in [2.05, 4.69) is 0 Å². The highest BCUT2D eigenvalue weighted by molar-refractivity contribution is 7.54. The van der Waals surface area contributed by atoms with Gasteiger partial charge in [-0.3, -0.25) is 4.57 Å². The van der Waals surface area contributed by atoms with E-state index < -0.39 is 19.3 Å². The molecule has 1 atom stereocenters. The van der Waals surface area contributed by atoms with Crippen molar-refractivity contribution in [2.75, 3.05) is 13.2 Å². The minimum atomic E-state index is -3.38. The molecule has 1 aromatic carbocycles. The van der Waals surface area contributed by atoms with E-state index in [0.29, 0.717) is 0 Å². The van der Waals surface area contributed by atoms with Gasteiger partial charge in [0.05, 0.1) is 18.2 Å². The molecule has 0 fully saturated rings. The summed E-state index contributed by atoms with van der Waals surface area (Å²) in [5.74, 6) is -1.08. The Morgan fingerprint density at radius 1 is 1.32 bits per heavy atom. The fourth-order valence-electron chi connectivity index (χ4n) is 1.43. The SMILES string of the molecule is CCOP(=O)(OCC)C(C)Oc1ccc(F)cc1Cl. The van der Waals surface area contributed by atoms with Gasteiger partial charge in [0.2, 0.25) is 0 Å². The molecule has 0 radical (unpaired) electrons. The first-order valence-corrected chi connectivity index (χ1v) is 7.92. The second-order valence-corrected chi connectivity index (χ2v) is 6.40. The molecule has 0 aliphatic carbocycles.